The number of benzene rings is 1. The molecule has 2 rings (SSSR count). The number of rotatable bonds is 2. The molecule has 0 saturated carbocycles. The van der Waals surface area contributed by atoms with Crippen molar-refractivity contribution in [1.82, 2.24) is 4.31 Å². The number of halogens is 1. The molecule has 0 bridgehead atoms. The van der Waals surface area contributed by atoms with E-state index in [2.05, 4.69) is 29.8 Å². The zero-order chi connectivity index (χ0) is 14.2. The van der Waals surface area contributed by atoms with Crippen LogP contribution < -0.4 is 5.73 Å². The molecule has 1 aromatic carbocycles. The van der Waals surface area contributed by atoms with Crippen molar-refractivity contribution >= 4 is 31.6 Å². The highest BCUT2D eigenvalue weighted by Gasteiger charge is 2.31. The molecule has 1 aliphatic heterocycles. The lowest BCUT2D eigenvalue weighted by Crippen LogP contribution is -2.42. The number of hydrogen-bond acceptors (Lipinski definition) is 3. The predicted octanol–water partition coefficient (Wildman–Crippen LogP) is 2.70. The van der Waals surface area contributed by atoms with Gasteiger partial charge in [0.15, 0.2) is 0 Å². The lowest BCUT2D eigenvalue weighted by atomic mass is 9.94. The highest BCUT2D eigenvalue weighted by atomic mass is 79.9. The Morgan fingerprint density at radius 1 is 1.26 bits per heavy atom. The number of hydrogen-bond donors (Lipinski definition) is 1. The van der Waals surface area contributed by atoms with Gasteiger partial charge in [-0.25, -0.2) is 8.42 Å². The van der Waals surface area contributed by atoms with Gasteiger partial charge in [-0.1, -0.05) is 13.8 Å². The maximum absolute atomic E-state index is 12.6. The van der Waals surface area contributed by atoms with E-state index >= 15 is 0 Å². The Bertz CT molecular complexity index is 564. The quantitative estimate of drug-likeness (QED) is 0.837. The summed E-state index contributed by atoms with van der Waals surface area (Å²) >= 11 is 3.28. The van der Waals surface area contributed by atoms with Crippen LogP contribution in [0.1, 0.15) is 20.3 Å². The van der Waals surface area contributed by atoms with Gasteiger partial charge in [0.25, 0.3) is 0 Å². The van der Waals surface area contributed by atoms with Crippen LogP contribution in [0.2, 0.25) is 0 Å². The normalized spacial score (nSPS) is 25.4. The maximum atomic E-state index is 12.6. The second kappa shape index (κ2) is 5.42. The van der Waals surface area contributed by atoms with Crippen LogP contribution in [0.4, 0.5) is 5.69 Å². The van der Waals surface area contributed by atoms with Gasteiger partial charge in [-0.05, 0) is 52.4 Å². The van der Waals surface area contributed by atoms with Gasteiger partial charge in [0.1, 0.15) is 0 Å². The minimum atomic E-state index is -3.42. The highest BCUT2D eigenvalue weighted by molar-refractivity contribution is 9.10. The molecule has 0 radical (unpaired) electrons. The van der Waals surface area contributed by atoms with Gasteiger partial charge in [-0.15, -0.1) is 0 Å². The van der Waals surface area contributed by atoms with Crippen LogP contribution in [0.25, 0.3) is 0 Å². The van der Waals surface area contributed by atoms with Crippen LogP contribution in [0, 0.1) is 11.8 Å². The molecular weight excluding hydrogens is 328 g/mol. The number of piperidine rings is 1. The standard InChI is InChI=1S/C13H19BrN2O2S/c1-9-5-10(2)8-16(7-9)19(17,18)11-3-4-13(15)12(14)6-11/h3-4,6,9-10H,5,7-8,15H2,1-2H3. The molecule has 1 aliphatic rings. The van der Waals surface area contributed by atoms with Crippen molar-refractivity contribution in [2.75, 3.05) is 18.8 Å². The molecule has 2 atom stereocenters. The van der Waals surface area contributed by atoms with Crippen molar-refractivity contribution in [2.24, 2.45) is 11.8 Å². The fourth-order valence-corrected chi connectivity index (χ4v) is 4.86. The van der Waals surface area contributed by atoms with E-state index in [0.29, 0.717) is 40.0 Å². The monoisotopic (exact) mass is 346 g/mol. The Kier molecular flexibility index (Phi) is 4.23. The highest BCUT2D eigenvalue weighted by Crippen LogP contribution is 2.29. The zero-order valence-corrected chi connectivity index (χ0v) is 13.5. The molecule has 1 aromatic rings. The Hall–Kier alpha value is -0.590. The Labute approximate surface area is 123 Å². The van der Waals surface area contributed by atoms with Gasteiger partial charge in [-0.3, -0.25) is 0 Å². The van der Waals surface area contributed by atoms with E-state index in [1.807, 2.05) is 0 Å². The maximum Gasteiger partial charge on any atom is 0.243 e. The molecule has 106 valence electrons. The lowest BCUT2D eigenvalue weighted by Gasteiger charge is -2.34. The molecule has 1 saturated heterocycles. The van der Waals surface area contributed by atoms with Crippen LogP contribution in [0.5, 0.6) is 0 Å². The summed E-state index contributed by atoms with van der Waals surface area (Å²) in [4.78, 5) is 0.301. The molecule has 4 nitrogen and oxygen atoms in total. The molecule has 0 amide bonds. The molecule has 0 aliphatic carbocycles. The van der Waals surface area contributed by atoms with Crippen LogP contribution in [0.15, 0.2) is 27.6 Å². The number of nitrogen functional groups attached to an aromatic ring is 1. The molecule has 0 aromatic heterocycles. The molecule has 2 N–H and O–H groups in total. The lowest BCUT2D eigenvalue weighted by molar-refractivity contribution is 0.222. The van der Waals surface area contributed by atoms with Crippen molar-refractivity contribution in [3.8, 4) is 0 Å². The molecular formula is C13H19BrN2O2S. The van der Waals surface area contributed by atoms with Gasteiger partial charge < -0.3 is 5.73 Å². The summed E-state index contributed by atoms with van der Waals surface area (Å²) in [5, 5.41) is 0. The third kappa shape index (κ3) is 3.12. The van der Waals surface area contributed by atoms with Crippen LogP contribution in [0.3, 0.4) is 0 Å². The minimum Gasteiger partial charge on any atom is -0.398 e. The van der Waals surface area contributed by atoms with Crippen molar-refractivity contribution in [3.63, 3.8) is 0 Å². The fourth-order valence-electron chi connectivity index (χ4n) is 2.62. The summed E-state index contributed by atoms with van der Waals surface area (Å²) in [6, 6.07) is 4.77. The topological polar surface area (TPSA) is 63.4 Å². The number of nitrogens with zero attached hydrogens (tertiary/aromatic N) is 1. The van der Waals surface area contributed by atoms with Crippen LogP contribution in [-0.4, -0.2) is 25.8 Å². The van der Waals surface area contributed by atoms with Crippen molar-refractivity contribution in [1.29, 1.82) is 0 Å². The van der Waals surface area contributed by atoms with E-state index in [0.717, 1.165) is 6.42 Å². The van der Waals surface area contributed by atoms with Crippen molar-refractivity contribution in [2.45, 2.75) is 25.2 Å². The average molecular weight is 347 g/mol. The van der Waals surface area contributed by atoms with E-state index in [1.54, 1.807) is 22.5 Å². The van der Waals surface area contributed by atoms with Gasteiger partial charge in [0.05, 0.1) is 4.90 Å². The Balaban J connectivity index is 2.33. The second-order valence-corrected chi connectivity index (χ2v) is 8.24. The van der Waals surface area contributed by atoms with E-state index in [9.17, 15) is 8.42 Å². The summed E-state index contributed by atoms with van der Waals surface area (Å²) in [6.07, 6.45) is 1.08. The summed E-state index contributed by atoms with van der Waals surface area (Å²) < 4.78 is 27.4. The molecule has 19 heavy (non-hydrogen) atoms. The van der Waals surface area contributed by atoms with E-state index in [-0.39, 0.29) is 0 Å². The summed E-state index contributed by atoms with van der Waals surface area (Å²) in [5.41, 5.74) is 6.24. The third-order valence-corrected chi connectivity index (χ3v) is 5.96. The van der Waals surface area contributed by atoms with Gasteiger partial charge in [-0.2, -0.15) is 4.31 Å². The predicted molar refractivity (Wildman–Crippen MR) is 80.3 cm³/mol. The third-order valence-electron chi connectivity index (χ3n) is 3.45. The molecule has 1 heterocycles. The summed E-state index contributed by atoms with van der Waals surface area (Å²) in [5.74, 6) is 0.798. The molecule has 1 fully saturated rings. The van der Waals surface area contributed by atoms with Crippen LogP contribution in [-0.2, 0) is 10.0 Å². The Morgan fingerprint density at radius 3 is 2.37 bits per heavy atom. The first-order valence-corrected chi connectivity index (χ1v) is 8.59. The van der Waals surface area contributed by atoms with E-state index in [1.165, 1.54) is 0 Å². The summed E-state index contributed by atoms with van der Waals surface area (Å²) in [6.45, 7) is 5.37. The first-order chi connectivity index (χ1) is 8.80. The smallest absolute Gasteiger partial charge is 0.243 e. The largest absolute Gasteiger partial charge is 0.398 e. The molecule has 0 spiro atoms. The molecule has 6 heteroatoms. The summed E-state index contributed by atoms with van der Waals surface area (Å²) in [7, 11) is -3.42. The second-order valence-electron chi connectivity index (χ2n) is 5.45. The van der Waals surface area contributed by atoms with Crippen molar-refractivity contribution < 1.29 is 8.42 Å². The number of sulfonamides is 1. The van der Waals surface area contributed by atoms with E-state index < -0.39 is 10.0 Å². The van der Waals surface area contributed by atoms with Gasteiger partial charge in [0, 0.05) is 23.2 Å². The minimum absolute atomic E-state index is 0.301. The first-order valence-electron chi connectivity index (χ1n) is 6.36. The Morgan fingerprint density at radius 2 is 1.84 bits per heavy atom. The average Bonchev–Trinajstić information content (AvgIpc) is 2.31. The van der Waals surface area contributed by atoms with Gasteiger partial charge >= 0.3 is 0 Å². The van der Waals surface area contributed by atoms with Gasteiger partial charge in [0.2, 0.25) is 10.0 Å². The molecule has 2 unspecified atom stereocenters. The first kappa shape index (κ1) is 14.8. The van der Waals surface area contributed by atoms with E-state index in [4.69, 9.17) is 5.73 Å². The fraction of sp³-hybridized carbons (Fsp3) is 0.538. The number of nitrogens with two attached hydrogens (primary N) is 1. The van der Waals surface area contributed by atoms with Crippen molar-refractivity contribution in [3.05, 3.63) is 22.7 Å². The van der Waals surface area contributed by atoms with Crippen LogP contribution >= 0.6 is 15.9 Å². The zero-order valence-electron chi connectivity index (χ0n) is 11.1. The SMILES string of the molecule is CC1CC(C)CN(S(=O)(=O)c2ccc(N)c(Br)c2)C1. The number of anilines is 1.